The van der Waals surface area contributed by atoms with Crippen molar-refractivity contribution in [2.24, 2.45) is 5.73 Å². The average Bonchev–Trinajstić information content (AvgIpc) is 2.14. The maximum Gasteiger partial charge on any atom is 0.127 e. The molecule has 3 heteroatoms. The van der Waals surface area contributed by atoms with Crippen molar-refractivity contribution in [2.75, 3.05) is 6.54 Å². The number of thiol groups is 1. The van der Waals surface area contributed by atoms with Crippen LogP contribution in [-0.2, 0) is 6.42 Å². The summed E-state index contributed by atoms with van der Waals surface area (Å²) in [6.07, 6.45) is 2.87. The fraction of sp³-hybridized carbons (Fsp3) is 0.455. The first-order valence-corrected chi connectivity index (χ1v) is 5.28. The Morgan fingerprint density at radius 1 is 1.36 bits per heavy atom. The van der Waals surface area contributed by atoms with Gasteiger partial charge in [-0.3, -0.25) is 0 Å². The van der Waals surface area contributed by atoms with Gasteiger partial charge in [0.1, 0.15) is 5.82 Å². The zero-order valence-corrected chi connectivity index (χ0v) is 9.28. The van der Waals surface area contributed by atoms with Crippen molar-refractivity contribution < 1.29 is 4.39 Å². The lowest BCUT2D eigenvalue weighted by molar-refractivity contribution is 0.609. The summed E-state index contributed by atoms with van der Waals surface area (Å²) in [5, 5.41) is 0. The van der Waals surface area contributed by atoms with Gasteiger partial charge in [-0.25, -0.2) is 4.39 Å². The lowest BCUT2D eigenvalue weighted by atomic mass is 10.1. The Labute approximate surface area is 89.9 Å². The molecule has 0 aromatic heterocycles. The maximum atomic E-state index is 13.3. The third-order valence-corrected chi connectivity index (χ3v) is 2.76. The quantitative estimate of drug-likeness (QED) is 0.583. The number of halogens is 1. The molecule has 0 aliphatic carbocycles. The summed E-state index contributed by atoms with van der Waals surface area (Å²) < 4.78 is 13.3. The van der Waals surface area contributed by atoms with E-state index in [1.54, 1.807) is 13.0 Å². The van der Waals surface area contributed by atoms with Crippen molar-refractivity contribution in [3.8, 4) is 0 Å². The molecule has 0 bridgehead atoms. The van der Waals surface area contributed by atoms with E-state index in [1.807, 2.05) is 6.07 Å². The minimum absolute atomic E-state index is 0.166. The van der Waals surface area contributed by atoms with Crippen LogP contribution in [0.2, 0.25) is 0 Å². The molecule has 0 aliphatic rings. The molecule has 0 saturated heterocycles. The van der Waals surface area contributed by atoms with E-state index in [9.17, 15) is 4.39 Å². The average molecular weight is 213 g/mol. The largest absolute Gasteiger partial charge is 0.330 e. The standard InChI is InChI=1S/C11H16FNS/c1-8-10(12)6-9(7-11(8)14)4-2-3-5-13/h6-7,14H,2-5,13H2,1H3. The summed E-state index contributed by atoms with van der Waals surface area (Å²) in [7, 11) is 0. The van der Waals surface area contributed by atoms with Gasteiger partial charge in [-0.15, -0.1) is 12.6 Å². The summed E-state index contributed by atoms with van der Waals surface area (Å²) >= 11 is 4.22. The number of hydrogen-bond acceptors (Lipinski definition) is 2. The van der Waals surface area contributed by atoms with Crippen molar-refractivity contribution >= 4 is 12.6 Å². The van der Waals surface area contributed by atoms with Crippen LogP contribution in [0.3, 0.4) is 0 Å². The maximum absolute atomic E-state index is 13.3. The van der Waals surface area contributed by atoms with Crippen molar-refractivity contribution in [3.05, 3.63) is 29.1 Å². The van der Waals surface area contributed by atoms with Crippen LogP contribution in [-0.4, -0.2) is 6.54 Å². The van der Waals surface area contributed by atoms with Crippen LogP contribution in [0.1, 0.15) is 24.0 Å². The molecule has 0 heterocycles. The minimum Gasteiger partial charge on any atom is -0.330 e. The predicted molar refractivity (Wildman–Crippen MR) is 60.4 cm³/mol. The first kappa shape index (κ1) is 11.5. The number of nitrogens with two attached hydrogens (primary N) is 1. The third kappa shape index (κ3) is 3.00. The molecule has 1 nitrogen and oxygen atoms in total. The first-order valence-electron chi connectivity index (χ1n) is 4.83. The Hall–Kier alpha value is -0.540. The van der Waals surface area contributed by atoms with Crippen molar-refractivity contribution in [2.45, 2.75) is 31.1 Å². The lowest BCUT2D eigenvalue weighted by Gasteiger charge is -2.05. The second-order valence-corrected chi connectivity index (χ2v) is 3.95. The molecule has 1 rings (SSSR count). The molecule has 0 atom stereocenters. The van der Waals surface area contributed by atoms with Crippen LogP contribution in [0.4, 0.5) is 4.39 Å². The summed E-state index contributed by atoms with van der Waals surface area (Å²) in [6, 6.07) is 3.52. The molecule has 78 valence electrons. The second kappa shape index (κ2) is 5.37. The molecule has 0 spiro atoms. The third-order valence-electron chi connectivity index (χ3n) is 2.30. The molecule has 0 saturated carbocycles. The number of aryl methyl sites for hydroxylation is 1. The smallest absolute Gasteiger partial charge is 0.127 e. The van der Waals surface area contributed by atoms with Crippen LogP contribution in [0.25, 0.3) is 0 Å². The molecule has 1 aromatic rings. The Morgan fingerprint density at radius 2 is 2.07 bits per heavy atom. The molecule has 0 fully saturated rings. The topological polar surface area (TPSA) is 26.0 Å². The van der Waals surface area contributed by atoms with Gasteiger partial charge >= 0.3 is 0 Å². The van der Waals surface area contributed by atoms with Crippen LogP contribution < -0.4 is 5.73 Å². The highest BCUT2D eigenvalue weighted by molar-refractivity contribution is 7.80. The summed E-state index contributed by atoms with van der Waals surface area (Å²) in [4.78, 5) is 0.729. The molecule has 1 aromatic carbocycles. The predicted octanol–water partition coefficient (Wildman–Crippen LogP) is 2.70. The molecular formula is C11H16FNS. The van der Waals surface area contributed by atoms with Crippen LogP contribution in [0.15, 0.2) is 17.0 Å². The van der Waals surface area contributed by atoms with E-state index in [1.165, 1.54) is 0 Å². The van der Waals surface area contributed by atoms with E-state index in [0.29, 0.717) is 12.1 Å². The van der Waals surface area contributed by atoms with Gasteiger partial charge in [0.2, 0.25) is 0 Å². The summed E-state index contributed by atoms with van der Waals surface area (Å²) in [5.74, 6) is -0.166. The highest BCUT2D eigenvalue weighted by Crippen LogP contribution is 2.19. The SMILES string of the molecule is Cc1c(F)cc(CCCCN)cc1S. The lowest BCUT2D eigenvalue weighted by Crippen LogP contribution is -1.99. The van der Waals surface area contributed by atoms with E-state index < -0.39 is 0 Å². The Balaban J connectivity index is 2.69. The molecule has 0 unspecified atom stereocenters. The van der Waals surface area contributed by atoms with E-state index in [-0.39, 0.29) is 5.82 Å². The number of rotatable bonds is 4. The highest BCUT2D eigenvalue weighted by atomic mass is 32.1. The summed E-state index contributed by atoms with van der Waals surface area (Å²) in [5.41, 5.74) is 7.01. The number of benzene rings is 1. The van der Waals surface area contributed by atoms with Gasteiger partial charge in [0, 0.05) is 4.90 Å². The van der Waals surface area contributed by atoms with Gasteiger partial charge in [-0.2, -0.15) is 0 Å². The van der Waals surface area contributed by atoms with Crippen LogP contribution in [0.5, 0.6) is 0 Å². The van der Waals surface area contributed by atoms with Crippen LogP contribution >= 0.6 is 12.6 Å². The zero-order chi connectivity index (χ0) is 10.6. The molecule has 14 heavy (non-hydrogen) atoms. The fourth-order valence-corrected chi connectivity index (χ4v) is 1.61. The van der Waals surface area contributed by atoms with Gasteiger partial charge in [0.15, 0.2) is 0 Å². The van der Waals surface area contributed by atoms with Crippen molar-refractivity contribution in [1.29, 1.82) is 0 Å². The van der Waals surface area contributed by atoms with Crippen LogP contribution in [0, 0.1) is 12.7 Å². The first-order chi connectivity index (χ1) is 6.65. The summed E-state index contributed by atoms with van der Waals surface area (Å²) in [6.45, 7) is 2.43. The molecule has 0 amide bonds. The fourth-order valence-electron chi connectivity index (χ4n) is 1.34. The van der Waals surface area contributed by atoms with Crippen molar-refractivity contribution in [1.82, 2.24) is 0 Å². The highest BCUT2D eigenvalue weighted by Gasteiger charge is 2.03. The van der Waals surface area contributed by atoms with E-state index in [4.69, 9.17) is 5.73 Å². The van der Waals surface area contributed by atoms with Gasteiger partial charge < -0.3 is 5.73 Å². The van der Waals surface area contributed by atoms with Gasteiger partial charge in [-0.05, 0) is 56.0 Å². The molecule has 2 N–H and O–H groups in total. The van der Waals surface area contributed by atoms with Gasteiger partial charge in [0.05, 0.1) is 0 Å². The Kier molecular flexibility index (Phi) is 4.42. The molecule has 0 radical (unpaired) electrons. The van der Waals surface area contributed by atoms with Gasteiger partial charge in [-0.1, -0.05) is 0 Å². The molecular weight excluding hydrogens is 197 g/mol. The van der Waals surface area contributed by atoms with Gasteiger partial charge in [0.25, 0.3) is 0 Å². The second-order valence-electron chi connectivity index (χ2n) is 3.47. The van der Waals surface area contributed by atoms with E-state index in [2.05, 4.69) is 12.6 Å². The van der Waals surface area contributed by atoms with E-state index >= 15 is 0 Å². The molecule has 0 aliphatic heterocycles. The Bertz CT molecular complexity index is 289. The number of hydrogen-bond donors (Lipinski definition) is 2. The van der Waals surface area contributed by atoms with Crippen molar-refractivity contribution in [3.63, 3.8) is 0 Å². The monoisotopic (exact) mass is 213 g/mol. The Morgan fingerprint density at radius 3 is 2.64 bits per heavy atom. The van der Waals surface area contributed by atoms with E-state index in [0.717, 1.165) is 29.7 Å². The normalized spacial score (nSPS) is 10.6. The minimum atomic E-state index is -0.166. The zero-order valence-electron chi connectivity index (χ0n) is 8.39. The number of unbranched alkanes of at least 4 members (excludes halogenated alkanes) is 1.